The molecule has 0 aromatic carbocycles. The molecule has 1 saturated carbocycles. The van der Waals surface area contributed by atoms with Gasteiger partial charge in [-0.1, -0.05) is 13.8 Å². The second kappa shape index (κ2) is 5.42. The van der Waals surface area contributed by atoms with Gasteiger partial charge in [-0.05, 0) is 31.5 Å². The van der Waals surface area contributed by atoms with E-state index in [1.54, 1.807) is 0 Å². The van der Waals surface area contributed by atoms with Gasteiger partial charge in [-0.15, -0.1) is 0 Å². The number of carbonyl (C=O) groups is 1. The van der Waals surface area contributed by atoms with Gasteiger partial charge in [0.1, 0.15) is 11.4 Å². The number of hydrogen-bond acceptors (Lipinski definition) is 4. The molecule has 0 atom stereocenters. The van der Waals surface area contributed by atoms with Gasteiger partial charge in [0.25, 0.3) is 5.91 Å². The van der Waals surface area contributed by atoms with Gasteiger partial charge >= 0.3 is 0 Å². The van der Waals surface area contributed by atoms with Crippen molar-refractivity contribution in [2.24, 2.45) is 0 Å². The van der Waals surface area contributed by atoms with Crippen LogP contribution in [0.4, 0.5) is 0 Å². The number of H-pyrrole nitrogens is 1. The number of rotatable bonds is 5. The van der Waals surface area contributed by atoms with Crippen molar-refractivity contribution < 1.29 is 9.90 Å². The number of aliphatic hydroxyl groups is 1. The third kappa shape index (κ3) is 2.87. The van der Waals surface area contributed by atoms with E-state index < -0.39 is 5.60 Å². The van der Waals surface area contributed by atoms with Gasteiger partial charge in [-0.25, -0.2) is 0 Å². The minimum atomic E-state index is -1.14. The van der Waals surface area contributed by atoms with E-state index in [4.69, 9.17) is 12.2 Å². The predicted octanol–water partition coefficient (Wildman–Crippen LogP) is 1.10. The number of aromatic nitrogens is 3. The highest BCUT2D eigenvalue weighted by Gasteiger charge is 2.41. The molecule has 0 saturated heterocycles. The maximum atomic E-state index is 11.8. The smallest absolute Gasteiger partial charge is 0.252 e. The molecule has 7 heteroatoms. The normalized spacial score (nSPS) is 17.3. The summed E-state index contributed by atoms with van der Waals surface area (Å²) in [6, 6.07) is 0. The molecule has 0 radical (unpaired) electrons. The lowest BCUT2D eigenvalue weighted by atomic mass is 9.79. The monoisotopic (exact) mass is 284 g/mol. The quantitative estimate of drug-likeness (QED) is 0.707. The van der Waals surface area contributed by atoms with Crippen LogP contribution < -0.4 is 5.32 Å². The highest BCUT2D eigenvalue weighted by molar-refractivity contribution is 7.71. The van der Waals surface area contributed by atoms with Gasteiger partial charge in [-0.3, -0.25) is 9.89 Å². The third-order valence-electron chi connectivity index (χ3n) is 3.53. The van der Waals surface area contributed by atoms with Gasteiger partial charge in [-0.2, -0.15) is 5.10 Å². The zero-order valence-electron chi connectivity index (χ0n) is 11.3. The van der Waals surface area contributed by atoms with Gasteiger partial charge in [0.2, 0.25) is 0 Å². The number of hydrogen-bond donors (Lipinski definition) is 3. The Morgan fingerprint density at radius 1 is 1.63 bits per heavy atom. The Morgan fingerprint density at radius 2 is 2.32 bits per heavy atom. The first-order chi connectivity index (χ1) is 8.94. The fourth-order valence-electron chi connectivity index (χ4n) is 2.17. The van der Waals surface area contributed by atoms with Crippen LogP contribution in [0.15, 0.2) is 0 Å². The number of aromatic amines is 1. The molecular weight excluding hydrogens is 264 g/mol. The standard InChI is InChI=1S/C12H20N4O2S/c1-8(2)9-14-15-11(19)16(9)7-6-13-10(17)12(18)4-3-5-12/h8,18H,3-7H2,1-2H3,(H,13,17)(H,15,19). The van der Waals surface area contributed by atoms with Crippen LogP contribution in [0.5, 0.6) is 0 Å². The topological polar surface area (TPSA) is 82.9 Å². The molecule has 1 heterocycles. The molecule has 0 unspecified atom stereocenters. The number of nitrogens with one attached hydrogen (secondary N) is 2. The fraction of sp³-hybridized carbons (Fsp3) is 0.750. The molecule has 2 rings (SSSR count). The van der Waals surface area contributed by atoms with Crippen LogP contribution in [-0.4, -0.2) is 37.9 Å². The Labute approximate surface area is 117 Å². The first kappa shape index (κ1) is 14.2. The van der Waals surface area contributed by atoms with E-state index >= 15 is 0 Å². The highest BCUT2D eigenvalue weighted by Crippen LogP contribution is 2.31. The third-order valence-corrected chi connectivity index (χ3v) is 3.84. The summed E-state index contributed by atoms with van der Waals surface area (Å²) in [6.45, 7) is 5.08. The van der Waals surface area contributed by atoms with Gasteiger partial charge in [0.15, 0.2) is 4.77 Å². The minimum absolute atomic E-state index is 0.263. The van der Waals surface area contributed by atoms with Gasteiger partial charge in [0, 0.05) is 19.0 Å². The Balaban J connectivity index is 1.91. The van der Waals surface area contributed by atoms with Crippen molar-refractivity contribution in [2.75, 3.05) is 6.54 Å². The van der Waals surface area contributed by atoms with Crippen LogP contribution in [0, 0.1) is 4.77 Å². The summed E-state index contributed by atoms with van der Waals surface area (Å²) in [5, 5.41) is 19.6. The van der Waals surface area contributed by atoms with E-state index in [-0.39, 0.29) is 11.8 Å². The van der Waals surface area contributed by atoms with E-state index in [1.807, 2.05) is 18.4 Å². The Kier molecular flexibility index (Phi) is 4.05. The van der Waals surface area contributed by atoms with Crippen molar-refractivity contribution in [1.29, 1.82) is 0 Å². The lowest BCUT2D eigenvalue weighted by Gasteiger charge is -2.34. The van der Waals surface area contributed by atoms with Crippen molar-refractivity contribution in [3.8, 4) is 0 Å². The maximum Gasteiger partial charge on any atom is 0.252 e. The largest absolute Gasteiger partial charge is 0.380 e. The van der Waals surface area contributed by atoms with E-state index in [9.17, 15) is 9.90 Å². The average Bonchev–Trinajstić information content (AvgIpc) is 2.68. The van der Waals surface area contributed by atoms with E-state index in [0.717, 1.165) is 12.2 Å². The first-order valence-corrected chi connectivity index (χ1v) is 7.00. The molecule has 1 fully saturated rings. The van der Waals surface area contributed by atoms with Crippen LogP contribution in [0.2, 0.25) is 0 Å². The molecule has 0 bridgehead atoms. The second-order valence-electron chi connectivity index (χ2n) is 5.33. The molecule has 1 amide bonds. The van der Waals surface area contributed by atoms with Crippen molar-refractivity contribution in [2.45, 2.75) is 51.2 Å². The lowest BCUT2D eigenvalue weighted by molar-refractivity contribution is -0.148. The molecule has 19 heavy (non-hydrogen) atoms. The SMILES string of the molecule is CC(C)c1n[nH]c(=S)n1CCNC(=O)C1(O)CCC1. The van der Waals surface area contributed by atoms with Gasteiger partial charge in [0.05, 0.1) is 0 Å². The summed E-state index contributed by atoms with van der Waals surface area (Å²) in [6.07, 6.45) is 2.02. The fourth-order valence-corrected chi connectivity index (χ4v) is 2.40. The van der Waals surface area contributed by atoms with Gasteiger partial charge < -0.3 is 15.0 Å². The summed E-state index contributed by atoms with van der Waals surface area (Å²) in [5.74, 6) is 0.862. The molecule has 1 aromatic rings. The summed E-state index contributed by atoms with van der Waals surface area (Å²) >= 11 is 5.16. The minimum Gasteiger partial charge on any atom is -0.380 e. The summed E-state index contributed by atoms with van der Waals surface area (Å²) in [4.78, 5) is 11.8. The average molecular weight is 284 g/mol. The van der Waals surface area contributed by atoms with Crippen LogP contribution in [-0.2, 0) is 11.3 Å². The number of nitrogens with zero attached hydrogens (tertiary/aromatic N) is 2. The second-order valence-corrected chi connectivity index (χ2v) is 5.72. The molecule has 106 valence electrons. The summed E-state index contributed by atoms with van der Waals surface area (Å²) in [7, 11) is 0. The van der Waals surface area contributed by atoms with E-state index in [1.165, 1.54) is 0 Å². The van der Waals surface area contributed by atoms with Crippen LogP contribution in [0.1, 0.15) is 44.9 Å². The molecule has 1 aliphatic carbocycles. The highest BCUT2D eigenvalue weighted by atomic mass is 32.1. The zero-order valence-corrected chi connectivity index (χ0v) is 12.1. The molecule has 1 aromatic heterocycles. The first-order valence-electron chi connectivity index (χ1n) is 6.60. The zero-order chi connectivity index (χ0) is 14.0. The van der Waals surface area contributed by atoms with Crippen molar-refractivity contribution >= 4 is 18.1 Å². The van der Waals surface area contributed by atoms with E-state index in [2.05, 4.69) is 15.5 Å². The predicted molar refractivity (Wildman–Crippen MR) is 73.3 cm³/mol. The summed E-state index contributed by atoms with van der Waals surface area (Å²) in [5.41, 5.74) is -1.14. The summed E-state index contributed by atoms with van der Waals surface area (Å²) < 4.78 is 2.44. The Bertz CT molecular complexity index is 516. The Hall–Kier alpha value is -1.21. The van der Waals surface area contributed by atoms with Crippen LogP contribution in [0.25, 0.3) is 0 Å². The van der Waals surface area contributed by atoms with E-state index in [0.29, 0.717) is 30.7 Å². The van der Waals surface area contributed by atoms with Crippen molar-refractivity contribution in [3.63, 3.8) is 0 Å². The molecule has 6 nitrogen and oxygen atoms in total. The lowest BCUT2D eigenvalue weighted by Crippen LogP contribution is -2.52. The molecular formula is C12H20N4O2S. The molecule has 1 aliphatic rings. The van der Waals surface area contributed by atoms with Crippen LogP contribution in [0.3, 0.4) is 0 Å². The number of amides is 1. The number of carbonyl (C=O) groups excluding carboxylic acids is 1. The van der Waals surface area contributed by atoms with Crippen molar-refractivity contribution in [3.05, 3.63) is 10.6 Å². The Morgan fingerprint density at radius 3 is 2.84 bits per heavy atom. The molecule has 3 N–H and O–H groups in total. The maximum absolute atomic E-state index is 11.8. The van der Waals surface area contributed by atoms with Crippen molar-refractivity contribution in [1.82, 2.24) is 20.1 Å². The van der Waals surface area contributed by atoms with Crippen LogP contribution >= 0.6 is 12.2 Å². The molecule has 0 aliphatic heterocycles. The molecule has 0 spiro atoms.